The summed E-state index contributed by atoms with van der Waals surface area (Å²) < 4.78 is 140. The first-order valence-corrected chi connectivity index (χ1v) is 38.0. The van der Waals surface area contributed by atoms with Crippen LogP contribution in [-0.4, -0.2) is 117 Å². The Morgan fingerprint density at radius 3 is 1.62 bits per heavy atom. The lowest BCUT2D eigenvalue weighted by Gasteiger charge is -2.32. The van der Waals surface area contributed by atoms with Gasteiger partial charge in [0, 0.05) is 17.0 Å². The second kappa shape index (κ2) is 24.8. The molecule has 2 N–H and O–H groups in total. The van der Waals surface area contributed by atoms with E-state index < -0.39 is 112 Å². The minimum Gasteiger partial charge on any atom is -0.496 e. The third kappa shape index (κ3) is 11.6. The molecule has 100 heavy (non-hydrogen) atoms. The summed E-state index contributed by atoms with van der Waals surface area (Å²) in [5.74, 6) is -2.75. The molecule has 15 rings (SSSR count). The lowest BCUT2D eigenvalue weighted by molar-refractivity contribution is -0.124. The van der Waals surface area contributed by atoms with Crippen LogP contribution in [0.5, 0.6) is 11.5 Å². The Morgan fingerprint density at radius 1 is 0.690 bits per heavy atom. The minimum absolute atomic E-state index is 0.00993. The molecule has 3 aliphatic carbocycles. The van der Waals surface area contributed by atoms with E-state index >= 15 is 24.0 Å². The molecule has 8 aromatic rings. The van der Waals surface area contributed by atoms with Crippen LogP contribution in [0.25, 0.3) is 42.0 Å². The predicted octanol–water partition coefficient (Wildman–Crippen LogP) is 8.85. The number of alkyl halides is 2. The number of methoxy groups -OCH3 is 1. The van der Waals surface area contributed by atoms with Gasteiger partial charge in [0.25, 0.3) is 22.9 Å². The molecule has 2 aromatic carbocycles. The predicted molar refractivity (Wildman–Crippen MR) is 361 cm³/mol. The first-order valence-electron chi connectivity index (χ1n) is 33.4. The maximum absolute atomic E-state index is 15.5. The molecule has 4 unspecified atom stereocenters. The number of carbonyl (C=O) groups excluding carboxylic acids is 2. The zero-order valence-electron chi connectivity index (χ0n) is 55.7. The van der Waals surface area contributed by atoms with Crippen molar-refractivity contribution in [3.8, 4) is 33.0 Å². The first kappa shape index (κ1) is 68.1. The number of carbonyl (C=O) groups is 2. The highest BCUT2D eigenvalue weighted by atomic mass is 32.2. The van der Waals surface area contributed by atoms with E-state index in [9.17, 15) is 30.4 Å². The highest BCUT2D eigenvalue weighted by molar-refractivity contribution is 7.92. The topological polar surface area (TPSA) is 322 Å². The second-order valence-electron chi connectivity index (χ2n) is 28.6. The normalized spacial score (nSPS) is 24.9. The Morgan fingerprint density at radius 2 is 1.16 bits per heavy atom. The highest BCUT2D eigenvalue weighted by Crippen LogP contribution is 2.58. The maximum atomic E-state index is 15.5. The molecule has 26 nitrogen and oxygen atoms in total. The number of aryl methyl sites for hydroxylation is 2. The van der Waals surface area contributed by atoms with Crippen LogP contribution in [0.4, 0.5) is 8.78 Å². The molecule has 3 saturated carbocycles. The number of nitrogens with one attached hydrogen (secondary N) is 2. The van der Waals surface area contributed by atoms with E-state index in [-0.39, 0.29) is 129 Å². The van der Waals surface area contributed by atoms with Gasteiger partial charge in [-0.05, 0) is 148 Å². The Bertz CT molecular complexity index is 5100. The molecule has 4 aliphatic heterocycles. The van der Waals surface area contributed by atoms with Crippen LogP contribution in [0.1, 0.15) is 157 Å². The number of hydrogen-bond donors (Lipinski definition) is 2. The summed E-state index contributed by atoms with van der Waals surface area (Å²) >= 11 is 2.02. The van der Waals surface area contributed by atoms with Crippen molar-refractivity contribution in [1.29, 1.82) is 0 Å². The Balaban J connectivity index is 0.764. The molecule has 10 heterocycles. The lowest BCUT2D eigenvalue weighted by Crippen LogP contribution is -2.54. The fourth-order valence-corrected chi connectivity index (χ4v) is 19.9. The number of benzene rings is 2. The van der Waals surface area contributed by atoms with Crippen LogP contribution in [0.2, 0.25) is 0 Å². The molecule has 4 bridgehead atoms. The number of amides is 2. The third-order valence-corrected chi connectivity index (χ3v) is 28.0. The fraction of sp³-hybridized carbons (Fsp3) is 0.529. The molecule has 7 aliphatic rings. The van der Waals surface area contributed by atoms with Gasteiger partial charge in [-0.3, -0.25) is 37.8 Å². The van der Waals surface area contributed by atoms with Gasteiger partial charge in [-0.15, -0.1) is 22.7 Å². The molecular formula is C68H74F2N8O18S4. The van der Waals surface area contributed by atoms with E-state index in [0.29, 0.717) is 47.4 Å². The molecule has 532 valence electrons. The van der Waals surface area contributed by atoms with Crippen LogP contribution in [0.3, 0.4) is 0 Å². The van der Waals surface area contributed by atoms with Crippen molar-refractivity contribution < 1.29 is 72.5 Å². The number of fused-ring (bicyclic) bond motifs is 6. The van der Waals surface area contributed by atoms with Gasteiger partial charge < -0.3 is 37.3 Å². The summed E-state index contributed by atoms with van der Waals surface area (Å²) in [6.45, 7) is 4.95. The van der Waals surface area contributed by atoms with Gasteiger partial charge in [0.2, 0.25) is 31.8 Å². The standard InChI is InChI=1S/C68H74F2N8O18S4/c1-34-50-56(79)78(63(83)75(58(50)97-52(34)54-71-24-25-90-54)32-48(42-12-8-10-14-45(42)89-7)93-40-26-36-16-17-37(27-40)91-36)68(22-23-68)61(82)74-100(87,88)66(6)30-44(66)47-31-72-55(95-47)53-35(2)51-57(80)77(67(20-21-67)60(81)73-99(85,86)65(3,4)5)64(84)76(59(51)98-53)33-49(43-13-9-11-15-46(43)96-62(69)70)94-41-28-38-18-19-39(29-41)92-38/h8-15,24-25,31,36-41,44,48-49,62H,16-23,26-30,32-33H2,1-7H3,(H,73,81)(H,74,82)/t36-,37+,38-,39+,40?,41?,44?,48-,49-,66?/m0/s1. The number of rotatable bonds is 23. The number of oxazole rings is 2. The smallest absolute Gasteiger partial charge is 0.387 e. The molecule has 7 fully saturated rings. The lowest BCUT2D eigenvalue weighted by atomic mass is 10.0. The number of thiophene rings is 2. The molecule has 32 heteroatoms. The van der Waals surface area contributed by atoms with Crippen molar-refractivity contribution >= 4 is 75.0 Å². The zero-order valence-corrected chi connectivity index (χ0v) is 58.9. The van der Waals surface area contributed by atoms with Gasteiger partial charge in [0.15, 0.2) is 0 Å². The molecule has 0 radical (unpaired) electrons. The Hall–Kier alpha value is -7.72. The number of para-hydroxylation sites is 2. The van der Waals surface area contributed by atoms with E-state index in [1.165, 1.54) is 80.8 Å². The largest absolute Gasteiger partial charge is 0.496 e. The van der Waals surface area contributed by atoms with Crippen LogP contribution in [-0.2, 0) is 72.8 Å². The Labute approximate surface area is 579 Å². The number of halogens is 2. The fourth-order valence-electron chi connectivity index (χ4n) is 15.1. The number of ether oxygens (including phenoxy) is 6. The second-order valence-corrected chi connectivity index (χ2v) is 35.1. The van der Waals surface area contributed by atoms with Crippen molar-refractivity contribution in [3.63, 3.8) is 0 Å². The summed E-state index contributed by atoms with van der Waals surface area (Å²) in [7, 11) is -7.56. The number of sulfonamides is 2. The first-order chi connectivity index (χ1) is 47.5. The summed E-state index contributed by atoms with van der Waals surface area (Å²) in [5.41, 5.74) is -6.20. The number of aromatic nitrogens is 6. The summed E-state index contributed by atoms with van der Waals surface area (Å²) in [4.78, 5) is 101. The zero-order chi connectivity index (χ0) is 70.5. The van der Waals surface area contributed by atoms with Crippen LogP contribution in [0.15, 0.2) is 95.2 Å². The molecule has 10 atom stereocenters. The number of hydrogen-bond acceptors (Lipinski definition) is 22. The van der Waals surface area contributed by atoms with Crippen molar-refractivity contribution in [2.75, 3.05) is 7.11 Å². The van der Waals surface area contributed by atoms with E-state index in [0.717, 1.165) is 57.5 Å². The average molecular weight is 1460 g/mol. The summed E-state index contributed by atoms with van der Waals surface area (Å²) in [6.07, 6.45) is 6.17. The third-order valence-electron chi connectivity index (χ3n) is 21.2. The van der Waals surface area contributed by atoms with Crippen molar-refractivity contribution in [2.24, 2.45) is 0 Å². The maximum Gasteiger partial charge on any atom is 0.387 e. The summed E-state index contributed by atoms with van der Waals surface area (Å²) in [5, 5.41) is 0.0100. The van der Waals surface area contributed by atoms with Crippen LogP contribution >= 0.6 is 22.7 Å². The quantitative estimate of drug-likeness (QED) is 0.0603. The van der Waals surface area contributed by atoms with Crippen LogP contribution in [0, 0.1) is 13.8 Å². The van der Waals surface area contributed by atoms with Crippen molar-refractivity contribution in [3.05, 3.63) is 137 Å². The average Bonchev–Trinajstić information content (AvgIpc) is 1.54. The molecular weight excluding hydrogens is 1380 g/mol. The van der Waals surface area contributed by atoms with Crippen molar-refractivity contribution in [1.82, 2.24) is 37.7 Å². The van der Waals surface area contributed by atoms with Crippen LogP contribution < -0.4 is 41.4 Å². The minimum atomic E-state index is -4.72. The summed E-state index contributed by atoms with van der Waals surface area (Å²) in [6, 6.07) is 13.2. The van der Waals surface area contributed by atoms with E-state index in [1.807, 2.05) is 18.2 Å². The highest BCUT2D eigenvalue weighted by Gasteiger charge is 2.65. The number of nitrogens with zero attached hydrogens (tertiary/aromatic N) is 6. The van der Waals surface area contributed by atoms with E-state index in [4.69, 9.17) is 37.3 Å². The van der Waals surface area contributed by atoms with Gasteiger partial charge in [0.05, 0.1) is 99.2 Å². The Kier molecular flexibility index (Phi) is 16.9. The van der Waals surface area contributed by atoms with Gasteiger partial charge in [-0.2, -0.15) is 8.78 Å². The van der Waals surface area contributed by atoms with Gasteiger partial charge in [0.1, 0.15) is 56.5 Å². The van der Waals surface area contributed by atoms with E-state index in [2.05, 4.69) is 19.4 Å². The molecule has 6 aromatic heterocycles. The van der Waals surface area contributed by atoms with Gasteiger partial charge in [-0.1, -0.05) is 36.4 Å². The molecule has 4 saturated heterocycles. The molecule has 0 spiro atoms. The van der Waals surface area contributed by atoms with E-state index in [1.54, 1.807) is 26.0 Å². The van der Waals surface area contributed by atoms with Gasteiger partial charge in [-0.25, -0.2) is 45.5 Å². The van der Waals surface area contributed by atoms with Crippen molar-refractivity contribution in [2.45, 2.75) is 220 Å². The monoisotopic (exact) mass is 1460 g/mol. The van der Waals surface area contributed by atoms with Gasteiger partial charge >= 0.3 is 18.0 Å². The molecule has 2 amide bonds. The SMILES string of the molecule is COc1ccccc1[C@H](Cn1c(=O)n(C2(C(=O)NS(=O)(=O)C3(C)CC3c3cnc(-c4sc5c(c4C)c(=O)n(C4(C(=O)NS(=O)(=O)C(C)(C)C)CC4)c(=O)n5C[C@H](OC4C[C@H]5CC[C@@H](C4)O5)c4ccccc4OC(F)F)o3)CC2)c(=O)c2c(C)c(-c3ncco3)sc21)OC1C[C@H]2CC[C@@H](C1)O2.